The molecule has 1 N–H and O–H groups in total. The fraction of sp³-hybridized carbons (Fsp3) is 0.375. The van der Waals surface area contributed by atoms with Crippen molar-refractivity contribution < 1.29 is 4.79 Å². The number of hydrogen-bond acceptors (Lipinski definition) is 7. The van der Waals surface area contributed by atoms with Crippen molar-refractivity contribution in [3.63, 3.8) is 0 Å². The maximum absolute atomic E-state index is 13.1. The van der Waals surface area contributed by atoms with Crippen LogP contribution < -0.4 is 5.32 Å². The third-order valence-corrected chi connectivity index (χ3v) is 8.52. The van der Waals surface area contributed by atoms with Gasteiger partial charge in [-0.25, -0.2) is 4.98 Å². The van der Waals surface area contributed by atoms with E-state index in [-0.39, 0.29) is 11.2 Å². The molecule has 9 heteroatoms. The maximum atomic E-state index is 13.1. The SMILES string of the molecule is CC[C@H](Sc1nnc2c3ccccc3n(CC)c2n1)C(=O)Nc1sc2c(c1C#N)CCCC2. The number of para-hydroxylation sites is 1. The molecule has 1 amide bonds. The summed E-state index contributed by atoms with van der Waals surface area (Å²) >= 11 is 2.87. The van der Waals surface area contributed by atoms with Crippen LogP contribution in [0.1, 0.15) is 49.1 Å². The van der Waals surface area contributed by atoms with Crippen LogP contribution in [-0.2, 0) is 24.2 Å². The number of nitrogens with one attached hydrogen (secondary N) is 1. The standard InChI is InChI=1S/C24H24N6OS2/c1-3-18(22(31)27-23-16(13-25)14-9-6-8-12-19(14)32-23)33-24-26-21-20(28-29-24)15-10-5-7-11-17(15)30(21)4-2/h5,7,10-11,18H,3-4,6,8-9,12H2,1-2H3,(H,27,31)/t18-/m0/s1. The number of amides is 1. The molecule has 0 saturated heterocycles. The van der Waals surface area contributed by atoms with Gasteiger partial charge < -0.3 is 9.88 Å². The summed E-state index contributed by atoms with van der Waals surface area (Å²) in [6, 6.07) is 10.4. The third-order valence-electron chi connectivity index (χ3n) is 6.10. The molecule has 0 spiro atoms. The van der Waals surface area contributed by atoms with E-state index in [2.05, 4.69) is 39.1 Å². The number of carbonyl (C=O) groups excluding carboxylic acids is 1. The number of rotatable bonds is 6. The summed E-state index contributed by atoms with van der Waals surface area (Å²) in [7, 11) is 0. The molecule has 0 aliphatic heterocycles. The highest BCUT2D eigenvalue weighted by atomic mass is 32.2. The zero-order valence-electron chi connectivity index (χ0n) is 18.6. The number of benzene rings is 1. The average Bonchev–Trinajstić information content (AvgIpc) is 3.36. The predicted molar refractivity (Wildman–Crippen MR) is 133 cm³/mol. The van der Waals surface area contributed by atoms with E-state index in [1.807, 2.05) is 25.1 Å². The molecule has 7 nitrogen and oxygen atoms in total. The van der Waals surface area contributed by atoms with E-state index in [0.29, 0.717) is 22.1 Å². The van der Waals surface area contributed by atoms with Gasteiger partial charge in [0.05, 0.1) is 16.3 Å². The van der Waals surface area contributed by atoms with Crippen molar-refractivity contribution in [1.82, 2.24) is 19.7 Å². The summed E-state index contributed by atoms with van der Waals surface area (Å²) in [5, 5.41) is 23.3. The molecule has 3 heterocycles. The lowest BCUT2D eigenvalue weighted by atomic mass is 9.96. The molecular weight excluding hydrogens is 452 g/mol. The van der Waals surface area contributed by atoms with Crippen molar-refractivity contribution in [2.24, 2.45) is 0 Å². The van der Waals surface area contributed by atoms with Gasteiger partial charge in [-0.15, -0.1) is 21.5 Å². The molecule has 33 heavy (non-hydrogen) atoms. The number of thioether (sulfide) groups is 1. The quantitative estimate of drug-likeness (QED) is 0.378. The number of aryl methyl sites for hydroxylation is 2. The fourth-order valence-corrected chi connectivity index (χ4v) is 6.53. The van der Waals surface area contributed by atoms with Crippen molar-refractivity contribution in [2.75, 3.05) is 5.32 Å². The minimum Gasteiger partial charge on any atom is -0.324 e. The van der Waals surface area contributed by atoms with Gasteiger partial charge in [-0.05, 0) is 50.7 Å². The van der Waals surface area contributed by atoms with Gasteiger partial charge in [0, 0.05) is 16.8 Å². The van der Waals surface area contributed by atoms with E-state index in [9.17, 15) is 10.1 Å². The smallest absolute Gasteiger partial charge is 0.238 e. The fourth-order valence-electron chi connectivity index (χ4n) is 4.47. The molecule has 0 bridgehead atoms. The number of carbonyl (C=O) groups is 1. The number of hydrogen-bond donors (Lipinski definition) is 1. The van der Waals surface area contributed by atoms with Crippen LogP contribution in [0.2, 0.25) is 0 Å². The van der Waals surface area contributed by atoms with Gasteiger partial charge in [0.15, 0.2) is 5.65 Å². The molecule has 0 fully saturated rings. The Hall–Kier alpha value is -2.96. The Morgan fingerprint density at radius 1 is 1.27 bits per heavy atom. The first-order chi connectivity index (χ1) is 16.1. The molecule has 168 valence electrons. The Kier molecular flexibility index (Phi) is 6.04. The lowest BCUT2D eigenvalue weighted by Crippen LogP contribution is -2.25. The first-order valence-electron chi connectivity index (χ1n) is 11.3. The molecule has 1 aromatic carbocycles. The monoisotopic (exact) mass is 476 g/mol. The highest BCUT2D eigenvalue weighted by molar-refractivity contribution is 8.00. The Morgan fingerprint density at radius 2 is 2.09 bits per heavy atom. The molecule has 5 rings (SSSR count). The largest absolute Gasteiger partial charge is 0.324 e. The zero-order valence-corrected chi connectivity index (χ0v) is 20.2. The summed E-state index contributed by atoms with van der Waals surface area (Å²) in [5.41, 5.74) is 4.39. The van der Waals surface area contributed by atoms with Gasteiger partial charge in [0.2, 0.25) is 11.1 Å². The van der Waals surface area contributed by atoms with E-state index >= 15 is 0 Å². The first-order valence-corrected chi connectivity index (χ1v) is 13.0. The summed E-state index contributed by atoms with van der Waals surface area (Å²) in [6.45, 7) is 4.82. The molecule has 1 aliphatic carbocycles. The Labute approximate surface area is 200 Å². The Balaban J connectivity index is 1.41. The predicted octanol–water partition coefficient (Wildman–Crippen LogP) is 5.32. The number of nitriles is 1. The van der Waals surface area contributed by atoms with E-state index in [4.69, 9.17) is 4.98 Å². The van der Waals surface area contributed by atoms with Gasteiger partial charge in [-0.3, -0.25) is 4.79 Å². The van der Waals surface area contributed by atoms with Crippen LogP contribution in [0.4, 0.5) is 5.00 Å². The minimum atomic E-state index is -0.380. The van der Waals surface area contributed by atoms with Crippen molar-refractivity contribution in [2.45, 2.75) is 62.9 Å². The van der Waals surface area contributed by atoms with Crippen LogP contribution in [0.5, 0.6) is 0 Å². The normalized spacial score (nSPS) is 14.2. The highest BCUT2D eigenvalue weighted by Gasteiger charge is 2.26. The summed E-state index contributed by atoms with van der Waals surface area (Å²) in [5.74, 6) is -0.127. The highest BCUT2D eigenvalue weighted by Crippen LogP contribution is 2.38. The van der Waals surface area contributed by atoms with Crippen LogP contribution in [0.15, 0.2) is 29.4 Å². The topological polar surface area (TPSA) is 96.5 Å². The van der Waals surface area contributed by atoms with Crippen LogP contribution in [-0.4, -0.2) is 30.9 Å². The van der Waals surface area contributed by atoms with Gasteiger partial charge in [-0.2, -0.15) is 5.26 Å². The van der Waals surface area contributed by atoms with Crippen molar-refractivity contribution in [1.29, 1.82) is 5.26 Å². The van der Waals surface area contributed by atoms with E-state index < -0.39 is 0 Å². The van der Waals surface area contributed by atoms with E-state index in [1.54, 1.807) is 11.3 Å². The number of anilines is 1. The number of nitrogens with zero attached hydrogens (tertiary/aromatic N) is 5. The van der Waals surface area contributed by atoms with Crippen LogP contribution in [0.3, 0.4) is 0 Å². The lowest BCUT2D eigenvalue weighted by Gasteiger charge is -2.13. The maximum Gasteiger partial charge on any atom is 0.238 e. The van der Waals surface area contributed by atoms with E-state index in [0.717, 1.165) is 59.9 Å². The molecule has 4 aromatic rings. The van der Waals surface area contributed by atoms with Crippen molar-refractivity contribution in [3.8, 4) is 6.07 Å². The Bertz CT molecular complexity index is 1400. The van der Waals surface area contributed by atoms with Gasteiger partial charge in [0.1, 0.15) is 16.6 Å². The second kappa shape index (κ2) is 9.12. The number of aromatic nitrogens is 4. The summed E-state index contributed by atoms with van der Waals surface area (Å²) in [6.07, 6.45) is 4.76. The van der Waals surface area contributed by atoms with Crippen LogP contribution >= 0.6 is 23.1 Å². The second-order valence-corrected chi connectivity index (χ2v) is 10.3. The molecule has 0 saturated carbocycles. The van der Waals surface area contributed by atoms with Crippen molar-refractivity contribution >= 4 is 56.1 Å². The molecule has 0 radical (unpaired) electrons. The molecule has 0 unspecified atom stereocenters. The molecule has 3 aromatic heterocycles. The number of thiophene rings is 1. The second-order valence-electron chi connectivity index (χ2n) is 8.06. The summed E-state index contributed by atoms with van der Waals surface area (Å²) in [4.78, 5) is 19.1. The minimum absolute atomic E-state index is 0.127. The zero-order chi connectivity index (χ0) is 22.9. The molecule has 1 aliphatic rings. The lowest BCUT2D eigenvalue weighted by molar-refractivity contribution is -0.115. The van der Waals surface area contributed by atoms with Gasteiger partial charge >= 0.3 is 0 Å². The number of fused-ring (bicyclic) bond motifs is 4. The first kappa shape index (κ1) is 21.9. The van der Waals surface area contributed by atoms with Crippen LogP contribution in [0, 0.1) is 11.3 Å². The van der Waals surface area contributed by atoms with E-state index in [1.165, 1.54) is 16.6 Å². The molecular formula is C24H24N6OS2. The average molecular weight is 477 g/mol. The van der Waals surface area contributed by atoms with Crippen LogP contribution in [0.25, 0.3) is 22.1 Å². The Morgan fingerprint density at radius 3 is 2.88 bits per heavy atom. The third kappa shape index (κ3) is 3.87. The van der Waals surface area contributed by atoms with Gasteiger partial charge in [-0.1, -0.05) is 36.9 Å². The van der Waals surface area contributed by atoms with Gasteiger partial charge in [0.25, 0.3) is 0 Å². The van der Waals surface area contributed by atoms with Crippen molar-refractivity contribution in [3.05, 3.63) is 40.3 Å². The summed E-state index contributed by atoms with van der Waals surface area (Å²) < 4.78 is 2.12. The molecule has 1 atom stereocenters.